The molecule has 9 rings (SSSR count). The van der Waals surface area contributed by atoms with Crippen LogP contribution in [0.15, 0.2) is 138 Å². The third kappa shape index (κ3) is 3.71. The normalized spacial score (nSPS) is 13.4. The van der Waals surface area contributed by atoms with E-state index < -0.39 is 0 Å². The average Bonchev–Trinajstić information content (AvgIpc) is 3.72. The van der Waals surface area contributed by atoms with E-state index in [9.17, 15) is 0 Å². The molecule has 210 valence electrons. The molecule has 2 aromatic heterocycles. The summed E-state index contributed by atoms with van der Waals surface area (Å²) >= 11 is 1.81. The monoisotopic (exact) mass is 584 g/mol. The lowest BCUT2D eigenvalue weighted by molar-refractivity contribution is 0.620. The minimum absolute atomic E-state index is 0.0686. The fourth-order valence-corrected chi connectivity index (χ4v) is 8.14. The van der Waals surface area contributed by atoms with E-state index in [-0.39, 0.29) is 5.41 Å². The Bertz CT molecular complexity index is 2350. The Balaban J connectivity index is 1.21. The second-order valence-electron chi connectivity index (χ2n) is 12.0. The zero-order chi connectivity index (χ0) is 29.4. The second-order valence-corrected chi connectivity index (χ2v) is 13.1. The maximum absolute atomic E-state index is 6.22. The van der Waals surface area contributed by atoms with Gasteiger partial charge in [-0.2, -0.15) is 0 Å². The molecule has 2 heterocycles. The molecule has 0 aliphatic heterocycles. The topological polar surface area (TPSA) is 29.3 Å². The molecule has 0 N–H and O–H groups in total. The van der Waals surface area contributed by atoms with Crippen LogP contribution in [0.4, 0.5) is 17.1 Å². The highest BCUT2D eigenvalue weighted by Gasteiger charge is 2.35. The van der Waals surface area contributed by atoms with Gasteiger partial charge < -0.3 is 9.32 Å². The van der Waals surface area contributed by atoms with Crippen LogP contribution >= 0.6 is 11.3 Å². The lowest BCUT2D eigenvalue weighted by atomic mass is 9.82. The van der Waals surface area contributed by atoms with E-state index in [1.807, 2.05) is 35.6 Å². The van der Waals surface area contributed by atoms with Crippen LogP contribution < -0.4 is 4.90 Å². The molecule has 0 saturated heterocycles. The second kappa shape index (κ2) is 9.40. The summed E-state index contributed by atoms with van der Waals surface area (Å²) in [6.07, 6.45) is 0. The minimum Gasteiger partial charge on any atom is -0.436 e. The summed E-state index contributed by atoms with van der Waals surface area (Å²) in [7, 11) is 0. The molecule has 4 heteroatoms. The van der Waals surface area contributed by atoms with Crippen LogP contribution in [0.5, 0.6) is 0 Å². The van der Waals surface area contributed by atoms with Gasteiger partial charge in [0.15, 0.2) is 5.58 Å². The summed E-state index contributed by atoms with van der Waals surface area (Å²) in [5.74, 6) is 0.660. The quantitative estimate of drug-likeness (QED) is 0.206. The van der Waals surface area contributed by atoms with Gasteiger partial charge in [0.25, 0.3) is 0 Å². The summed E-state index contributed by atoms with van der Waals surface area (Å²) < 4.78 is 8.67. The fraction of sp³-hybridized carbons (Fsp3) is 0.0750. The average molecular weight is 585 g/mol. The highest BCUT2D eigenvalue weighted by molar-refractivity contribution is 7.26. The molecule has 0 saturated carbocycles. The van der Waals surface area contributed by atoms with Crippen molar-refractivity contribution >= 4 is 59.7 Å². The summed E-state index contributed by atoms with van der Waals surface area (Å²) in [5.41, 5.74) is 11.5. The third-order valence-electron chi connectivity index (χ3n) is 9.10. The van der Waals surface area contributed by atoms with E-state index in [0.717, 1.165) is 33.7 Å². The number of nitrogens with zero attached hydrogens (tertiary/aromatic N) is 2. The van der Waals surface area contributed by atoms with Crippen LogP contribution in [0, 0.1) is 0 Å². The number of hydrogen-bond donors (Lipinski definition) is 0. The van der Waals surface area contributed by atoms with Crippen molar-refractivity contribution < 1.29 is 4.42 Å². The molecule has 6 aromatic carbocycles. The van der Waals surface area contributed by atoms with Crippen molar-refractivity contribution in [3.05, 3.63) is 145 Å². The summed E-state index contributed by atoms with van der Waals surface area (Å²) in [5, 5.41) is 2.40. The zero-order valence-electron chi connectivity index (χ0n) is 24.4. The van der Waals surface area contributed by atoms with Crippen LogP contribution in [-0.4, -0.2) is 4.98 Å². The van der Waals surface area contributed by atoms with Gasteiger partial charge in [0.2, 0.25) is 5.89 Å². The van der Waals surface area contributed by atoms with Crippen LogP contribution in [0.2, 0.25) is 0 Å². The summed E-state index contributed by atoms with van der Waals surface area (Å²) in [4.78, 5) is 7.21. The number of rotatable bonds is 4. The molecular weight excluding hydrogens is 557 g/mol. The number of oxazole rings is 1. The Kier molecular flexibility index (Phi) is 5.41. The van der Waals surface area contributed by atoms with Gasteiger partial charge in [0.05, 0.1) is 0 Å². The number of benzene rings is 6. The van der Waals surface area contributed by atoms with E-state index in [1.165, 1.54) is 42.4 Å². The lowest BCUT2D eigenvalue weighted by Crippen LogP contribution is -2.16. The van der Waals surface area contributed by atoms with Crippen molar-refractivity contribution in [1.82, 2.24) is 4.98 Å². The molecule has 0 atom stereocenters. The van der Waals surface area contributed by atoms with Gasteiger partial charge >= 0.3 is 0 Å². The maximum Gasteiger partial charge on any atom is 0.227 e. The van der Waals surface area contributed by atoms with Crippen molar-refractivity contribution in [2.45, 2.75) is 19.3 Å². The number of fused-ring (bicyclic) bond motifs is 7. The summed E-state index contributed by atoms with van der Waals surface area (Å²) in [6, 6.07) is 47.7. The molecule has 0 bridgehead atoms. The largest absolute Gasteiger partial charge is 0.436 e. The SMILES string of the molecule is CC1(C)c2ccccc2-c2ccc(N(c3ccccc3)c3ccc4c(c3)sc3cccc(-c5nc6ccccc6o5)c34)cc21. The van der Waals surface area contributed by atoms with Gasteiger partial charge in [-0.05, 0) is 82.9 Å². The number of anilines is 3. The molecule has 0 radical (unpaired) electrons. The molecular formula is C40H28N2OS. The number of hydrogen-bond acceptors (Lipinski definition) is 4. The van der Waals surface area contributed by atoms with Crippen LogP contribution in [0.25, 0.3) is 53.9 Å². The van der Waals surface area contributed by atoms with Crippen molar-refractivity contribution in [3.63, 3.8) is 0 Å². The highest BCUT2D eigenvalue weighted by atomic mass is 32.1. The Morgan fingerprint density at radius 3 is 2.20 bits per heavy atom. The van der Waals surface area contributed by atoms with Gasteiger partial charge in [-0.1, -0.05) is 86.6 Å². The minimum atomic E-state index is -0.0686. The van der Waals surface area contributed by atoms with Crippen molar-refractivity contribution in [2.75, 3.05) is 4.90 Å². The molecule has 0 unspecified atom stereocenters. The Morgan fingerprint density at radius 1 is 0.591 bits per heavy atom. The van der Waals surface area contributed by atoms with Gasteiger partial charge in [0.1, 0.15) is 5.52 Å². The van der Waals surface area contributed by atoms with Crippen molar-refractivity contribution in [2.24, 2.45) is 0 Å². The molecule has 0 fully saturated rings. The first-order valence-corrected chi connectivity index (χ1v) is 15.8. The maximum atomic E-state index is 6.22. The fourth-order valence-electron chi connectivity index (χ4n) is 6.97. The molecule has 1 aliphatic rings. The molecule has 8 aromatic rings. The van der Waals surface area contributed by atoms with Gasteiger partial charge in [-0.25, -0.2) is 4.98 Å². The number of aromatic nitrogens is 1. The predicted octanol–water partition coefficient (Wildman–Crippen LogP) is 11.6. The zero-order valence-corrected chi connectivity index (χ0v) is 25.2. The molecule has 3 nitrogen and oxygen atoms in total. The Hall–Kier alpha value is -5.19. The first-order valence-electron chi connectivity index (χ1n) is 15.0. The van der Waals surface area contributed by atoms with Gasteiger partial charge in [0, 0.05) is 48.2 Å². The standard InChI is InChI=1S/C40H28N2OS/c1-40(2)32-15-7-6-13-28(32)29-21-19-26(23-33(29)40)42(25-11-4-3-5-12-25)27-20-22-30-37(24-27)44-36-18-10-14-31(38(30)36)39-41-34-16-8-9-17-35(34)43-39/h3-24H,1-2H3. The van der Waals surface area contributed by atoms with Crippen molar-refractivity contribution in [1.29, 1.82) is 0 Å². The third-order valence-corrected chi connectivity index (χ3v) is 10.2. The lowest BCUT2D eigenvalue weighted by Gasteiger charge is -2.28. The Labute approximate surface area is 259 Å². The predicted molar refractivity (Wildman–Crippen MR) is 185 cm³/mol. The number of para-hydroxylation sites is 3. The van der Waals surface area contributed by atoms with Crippen molar-refractivity contribution in [3.8, 4) is 22.6 Å². The van der Waals surface area contributed by atoms with Gasteiger partial charge in [-0.15, -0.1) is 11.3 Å². The molecule has 44 heavy (non-hydrogen) atoms. The first kappa shape index (κ1) is 25.3. The van der Waals surface area contributed by atoms with E-state index in [2.05, 4.69) is 128 Å². The molecule has 0 spiro atoms. The summed E-state index contributed by atoms with van der Waals surface area (Å²) in [6.45, 7) is 4.68. The van der Waals surface area contributed by atoms with E-state index in [4.69, 9.17) is 9.40 Å². The first-order chi connectivity index (χ1) is 21.6. The molecule has 0 amide bonds. The molecule has 1 aliphatic carbocycles. The van der Waals surface area contributed by atoms with E-state index in [0.29, 0.717) is 5.89 Å². The van der Waals surface area contributed by atoms with Crippen LogP contribution in [0.3, 0.4) is 0 Å². The van der Waals surface area contributed by atoms with E-state index >= 15 is 0 Å². The van der Waals surface area contributed by atoms with E-state index in [1.54, 1.807) is 0 Å². The smallest absolute Gasteiger partial charge is 0.227 e. The number of thiophene rings is 1. The van der Waals surface area contributed by atoms with Gasteiger partial charge in [-0.3, -0.25) is 0 Å². The highest BCUT2D eigenvalue weighted by Crippen LogP contribution is 2.51. The van der Waals surface area contributed by atoms with Crippen LogP contribution in [-0.2, 0) is 5.41 Å². The van der Waals surface area contributed by atoms with Crippen LogP contribution in [0.1, 0.15) is 25.0 Å². The Morgan fingerprint density at radius 2 is 1.32 bits per heavy atom.